The molecule has 0 bridgehead atoms. The smallest absolute Gasteiger partial charge is 0.420 e. The van der Waals surface area contributed by atoms with E-state index in [0.29, 0.717) is 17.7 Å². The average Bonchev–Trinajstić information content (AvgIpc) is 2.80. The molecule has 0 heterocycles. The van der Waals surface area contributed by atoms with Crippen LogP contribution in [0.3, 0.4) is 0 Å². The molecule has 0 amide bonds. The van der Waals surface area contributed by atoms with E-state index >= 15 is 0 Å². The lowest BCUT2D eigenvalue weighted by atomic mass is 9.58. The molecule has 2 aliphatic rings. The monoisotopic (exact) mass is 491 g/mol. The maximum Gasteiger partial charge on any atom is 0.420 e. The van der Waals surface area contributed by atoms with Crippen molar-refractivity contribution in [2.45, 2.75) is 90.6 Å². The van der Waals surface area contributed by atoms with Crippen molar-refractivity contribution < 1.29 is 27.8 Å². The summed E-state index contributed by atoms with van der Waals surface area (Å²) in [6.45, 7) is 7.89. The summed E-state index contributed by atoms with van der Waals surface area (Å²) >= 11 is 0. The molecule has 2 aromatic rings. The maximum atomic E-state index is 14.3. The van der Waals surface area contributed by atoms with Gasteiger partial charge in [0, 0.05) is 12.1 Å². The van der Waals surface area contributed by atoms with Gasteiger partial charge in [-0.3, -0.25) is 4.79 Å². The van der Waals surface area contributed by atoms with Crippen molar-refractivity contribution in [3.05, 3.63) is 41.5 Å². The zero-order valence-corrected chi connectivity index (χ0v) is 20.9. The van der Waals surface area contributed by atoms with Crippen molar-refractivity contribution in [1.82, 2.24) is 5.32 Å². The molecule has 2 aromatic carbocycles. The number of hydrogen-bond donors (Lipinski definition) is 2. The SMILES string of the molecule is CCC1CCC(Oc2ccc3ccc([C@@H](C)N[C@@H]4C[C@H](C(=O)O)C4(C)C)cc3c2C(F)(F)F)CC1. The molecule has 3 atom stereocenters. The standard InChI is InChI=1S/C28H36F3NO3/c1-5-17-6-11-20(12-7-17)35-23-13-10-18-8-9-19(14-21(18)25(23)28(29,30)31)16(2)32-24-15-22(26(33)34)27(24,3)4/h8-10,13-14,16-17,20,22,24,32H,5-7,11-12,15H2,1-4H3,(H,33,34)/t16-,17?,20?,22-,24-/m1/s1. The number of ether oxygens (including phenoxy) is 1. The molecular formula is C28H36F3NO3. The molecule has 0 aliphatic heterocycles. The second-order valence-electron chi connectivity index (χ2n) is 11.0. The Morgan fingerprint density at radius 1 is 1.17 bits per heavy atom. The van der Waals surface area contributed by atoms with Gasteiger partial charge in [0.25, 0.3) is 0 Å². The molecular weight excluding hydrogens is 455 g/mol. The minimum Gasteiger partial charge on any atom is -0.490 e. The second-order valence-corrected chi connectivity index (χ2v) is 11.0. The fourth-order valence-corrected chi connectivity index (χ4v) is 5.84. The van der Waals surface area contributed by atoms with Crippen LogP contribution < -0.4 is 10.1 Å². The van der Waals surface area contributed by atoms with Gasteiger partial charge in [0.15, 0.2) is 0 Å². The number of alkyl halides is 3. The topological polar surface area (TPSA) is 58.6 Å². The third kappa shape index (κ3) is 5.16. The Morgan fingerprint density at radius 3 is 2.40 bits per heavy atom. The highest BCUT2D eigenvalue weighted by Gasteiger charge is 2.52. The highest BCUT2D eigenvalue weighted by molar-refractivity contribution is 5.89. The number of benzene rings is 2. The van der Waals surface area contributed by atoms with E-state index in [1.54, 1.807) is 18.2 Å². The zero-order valence-electron chi connectivity index (χ0n) is 20.9. The minimum absolute atomic E-state index is 0.0238. The Morgan fingerprint density at radius 2 is 1.83 bits per heavy atom. The van der Waals surface area contributed by atoms with Crippen LogP contribution >= 0.6 is 0 Å². The predicted octanol–water partition coefficient (Wildman–Crippen LogP) is 7.36. The van der Waals surface area contributed by atoms with E-state index in [4.69, 9.17) is 4.74 Å². The van der Waals surface area contributed by atoms with Crippen LogP contribution in [-0.4, -0.2) is 23.2 Å². The van der Waals surface area contributed by atoms with Crippen LogP contribution in [0.2, 0.25) is 0 Å². The zero-order chi connectivity index (χ0) is 25.5. The Labute approximate surface area is 205 Å². The van der Waals surface area contributed by atoms with Crippen LogP contribution in [0.15, 0.2) is 30.3 Å². The van der Waals surface area contributed by atoms with Gasteiger partial charge in [-0.2, -0.15) is 13.2 Å². The lowest BCUT2D eigenvalue weighted by Crippen LogP contribution is -2.59. The molecule has 0 unspecified atom stereocenters. The van der Waals surface area contributed by atoms with Crippen LogP contribution in [0.1, 0.15) is 83.4 Å². The first-order valence-electron chi connectivity index (χ1n) is 12.7. The Hall–Kier alpha value is -2.28. The maximum absolute atomic E-state index is 14.3. The molecule has 0 radical (unpaired) electrons. The highest BCUT2D eigenvalue weighted by Crippen LogP contribution is 2.47. The molecule has 7 heteroatoms. The Bertz CT molecular complexity index is 1070. The number of carboxylic acid groups (broad SMARTS) is 1. The summed E-state index contributed by atoms with van der Waals surface area (Å²) in [7, 11) is 0. The van der Waals surface area contributed by atoms with Crippen LogP contribution in [0.25, 0.3) is 10.8 Å². The first-order valence-corrected chi connectivity index (χ1v) is 12.7. The Balaban J connectivity index is 1.60. The molecule has 0 aromatic heterocycles. The van der Waals surface area contributed by atoms with Crippen molar-refractivity contribution in [2.24, 2.45) is 17.3 Å². The number of carbonyl (C=O) groups is 1. The molecule has 0 spiro atoms. The van der Waals surface area contributed by atoms with E-state index in [1.165, 1.54) is 6.07 Å². The number of halogens is 3. The van der Waals surface area contributed by atoms with Crippen molar-refractivity contribution in [2.75, 3.05) is 0 Å². The van der Waals surface area contributed by atoms with E-state index in [9.17, 15) is 23.1 Å². The van der Waals surface area contributed by atoms with Gasteiger partial charge in [0.1, 0.15) is 11.3 Å². The fourth-order valence-electron chi connectivity index (χ4n) is 5.84. The van der Waals surface area contributed by atoms with Crippen LogP contribution in [0.4, 0.5) is 13.2 Å². The van der Waals surface area contributed by atoms with Gasteiger partial charge in [0.05, 0.1) is 12.0 Å². The fraction of sp³-hybridized carbons (Fsp3) is 0.607. The number of aliphatic carboxylic acids is 1. The van der Waals surface area contributed by atoms with Gasteiger partial charge < -0.3 is 15.2 Å². The number of hydrogen-bond acceptors (Lipinski definition) is 3. The van der Waals surface area contributed by atoms with Crippen LogP contribution in [-0.2, 0) is 11.0 Å². The molecule has 4 nitrogen and oxygen atoms in total. The number of fused-ring (bicyclic) bond motifs is 1. The van der Waals surface area contributed by atoms with Crippen molar-refractivity contribution in [3.63, 3.8) is 0 Å². The summed E-state index contributed by atoms with van der Waals surface area (Å²) in [5.74, 6) is -0.687. The molecule has 35 heavy (non-hydrogen) atoms. The normalized spacial score (nSPS) is 27.3. The van der Waals surface area contributed by atoms with Gasteiger partial charge in [0.2, 0.25) is 0 Å². The largest absolute Gasteiger partial charge is 0.490 e. The van der Waals surface area contributed by atoms with Crippen molar-refractivity contribution in [3.8, 4) is 5.75 Å². The summed E-state index contributed by atoms with van der Waals surface area (Å²) < 4.78 is 49.0. The summed E-state index contributed by atoms with van der Waals surface area (Å²) in [5, 5.41) is 13.5. The number of carboxylic acids is 1. The van der Waals surface area contributed by atoms with Gasteiger partial charge in [-0.15, -0.1) is 0 Å². The van der Waals surface area contributed by atoms with Crippen molar-refractivity contribution in [1.29, 1.82) is 0 Å². The summed E-state index contributed by atoms with van der Waals surface area (Å²) in [6, 6.07) is 8.08. The van der Waals surface area contributed by atoms with E-state index in [2.05, 4.69) is 12.2 Å². The van der Waals surface area contributed by atoms with Crippen LogP contribution in [0, 0.1) is 17.3 Å². The van der Waals surface area contributed by atoms with E-state index in [-0.39, 0.29) is 29.3 Å². The van der Waals surface area contributed by atoms with E-state index in [1.807, 2.05) is 26.8 Å². The molecule has 2 aliphatic carbocycles. The van der Waals surface area contributed by atoms with E-state index in [0.717, 1.165) is 37.7 Å². The predicted molar refractivity (Wildman–Crippen MR) is 130 cm³/mol. The van der Waals surface area contributed by atoms with Gasteiger partial charge in [-0.1, -0.05) is 45.4 Å². The summed E-state index contributed by atoms with van der Waals surface area (Å²) in [6.07, 6.45) is 0.408. The van der Waals surface area contributed by atoms with Gasteiger partial charge in [-0.25, -0.2) is 0 Å². The van der Waals surface area contributed by atoms with Crippen molar-refractivity contribution >= 4 is 16.7 Å². The molecule has 2 N–H and O–H groups in total. The number of nitrogens with one attached hydrogen (secondary N) is 1. The molecule has 2 saturated carbocycles. The number of rotatable bonds is 7. The highest BCUT2D eigenvalue weighted by atomic mass is 19.4. The van der Waals surface area contributed by atoms with Gasteiger partial charge >= 0.3 is 12.1 Å². The second kappa shape index (κ2) is 9.64. The lowest BCUT2D eigenvalue weighted by Gasteiger charge is -2.51. The van der Waals surface area contributed by atoms with Crippen LogP contribution in [0.5, 0.6) is 5.75 Å². The van der Waals surface area contributed by atoms with Gasteiger partial charge in [-0.05, 0) is 78.8 Å². The summed E-state index contributed by atoms with van der Waals surface area (Å²) in [5.41, 5.74) is -0.402. The first kappa shape index (κ1) is 25.8. The molecule has 2 fully saturated rings. The quantitative estimate of drug-likeness (QED) is 0.425. The third-order valence-electron chi connectivity index (χ3n) is 8.47. The first-order chi connectivity index (χ1) is 16.4. The summed E-state index contributed by atoms with van der Waals surface area (Å²) in [4.78, 5) is 11.4. The van der Waals surface area contributed by atoms with E-state index < -0.39 is 29.0 Å². The Kier molecular flexibility index (Phi) is 7.11. The molecule has 4 rings (SSSR count). The minimum atomic E-state index is -4.55. The third-order valence-corrected chi connectivity index (χ3v) is 8.47. The lowest BCUT2D eigenvalue weighted by molar-refractivity contribution is -0.155. The molecule has 192 valence electrons. The molecule has 0 saturated heterocycles. The average molecular weight is 492 g/mol.